The number of amides is 1. The van der Waals surface area contributed by atoms with Crippen LogP contribution in [0.1, 0.15) is 12.5 Å². The summed E-state index contributed by atoms with van der Waals surface area (Å²) < 4.78 is 34.2. The maximum absolute atomic E-state index is 12.9. The van der Waals surface area contributed by atoms with Crippen molar-refractivity contribution in [3.8, 4) is 23.0 Å². The molecule has 1 N–H and O–H groups in total. The molecule has 0 aliphatic carbocycles. The molecule has 0 bridgehead atoms. The number of carbonyl (C=O) groups is 1. The minimum atomic E-state index is -0.734. The standard InChI is InChI=1S/C19H22FNO5/c1-12(26-15-7-5-14(20)6-8-15)19(22)21-11-13-9-16(23-2)18(25-4)17(10-13)24-3/h5-10,12H,11H2,1-4H3,(H,21,22)/t12-/m1/s1. The summed E-state index contributed by atoms with van der Waals surface area (Å²) in [6, 6.07) is 9.00. The van der Waals surface area contributed by atoms with Crippen molar-refractivity contribution in [3.63, 3.8) is 0 Å². The lowest BCUT2D eigenvalue weighted by Gasteiger charge is -2.16. The Balaban J connectivity index is 2.00. The fourth-order valence-corrected chi connectivity index (χ4v) is 2.34. The van der Waals surface area contributed by atoms with Crippen LogP contribution in [0.3, 0.4) is 0 Å². The van der Waals surface area contributed by atoms with Crippen molar-refractivity contribution >= 4 is 5.91 Å². The number of rotatable bonds is 8. The van der Waals surface area contributed by atoms with Crippen molar-refractivity contribution < 1.29 is 28.1 Å². The number of methoxy groups -OCH3 is 3. The van der Waals surface area contributed by atoms with Crippen LogP contribution in [0, 0.1) is 5.82 Å². The second-order valence-electron chi connectivity index (χ2n) is 5.47. The van der Waals surface area contributed by atoms with E-state index in [1.807, 2.05) is 0 Å². The highest BCUT2D eigenvalue weighted by Crippen LogP contribution is 2.38. The van der Waals surface area contributed by atoms with Crippen molar-refractivity contribution in [2.24, 2.45) is 0 Å². The average molecular weight is 363 g/mol. The summed E-state index contributed by atoms with van der Waals surface area (Å²) in [5.74, 6) is 1.25. The second kappa shape index (κ2) is 8.94. The summed E-state index contributed by atoms with van der Waals surface area (Å²) in [7, 11) is 4.58. The second-order valence-corrected chi connectivity index (χ2v) is 5.47. The van der Waals surface area contributed by atoms with Crippen molar-refractivity contribution in [2.45, 2.75) is 19.6 Å². The van der Waals surface area contributed by atoms with Crippen molar-refractivity contribution in [1.82, 2.24) is 5.32 Å². The van der Waals surface area contributed by atoms with Crippen LogP contribution in [0.5, 0.6) is 23.0 Å². The lowest BCUT2D eigenvalue weighted by Crippen LogP contribution is -2.35. The van der Waals surface area contributed by atoms with E-state index >= 15 is 0 Å². The van der Waals surface area contributed by atoms with Gasteiger partial charge >= 0.3 is 0 Å². The summed E-state index contributed by atoms with van der Waals surface area (Å²) in [5, 5.41) is 2.78. The molecule has 0 unspecified atom stereocenters. The Morgan fingerprint density at radius 3 is 2.12 bits per heavy atom. The summed E-state index contributed by atoms with van der Waals surface area (Å²) in [5.41, 5.74) is 0.779. The number of halogens is 1. The van der Waals surface area contributed by atoms with Crippen molar-refractivity contribution in [1.29, 1.82) is 0 Å². The highest BCUT2D eigenvalue weighted by Gasteiger charge is 2.17. The van der Waals surface area contributed by atoms with E-state index in [0.717, 1.165) is 5.56 Å². The average Bonchev–Trinajstić information content (AvgIpc) is 2.66. The molecule has 2 aromatic carbocycles. The van der Waals surface area contributed by atoms with E-state index in [1.54, 1.807) is 19.1 Å². The molecule has 1 amide bonds. The molecule has 1 atom stereocenters. The number of hydrogen-bond donors (Lipinski definition) is 1. The SMILES string of the molecule is COc1cc(CNC(=O)[C@@H](C)Oc2ccc(F)cc2)cc(OC)c1OC. The normalized spacial score (nSPS) is 11.4. The molecule has 0 aliphatic rings. The zero-order valence-electron chi connectivity index (χ0n) is 15.2. The van der Waals surface area contributed by atoms with Gasteiger partial charge in [0.1, 0.15) is 11.6 Å². The predicted molar refractivity (Wildman–Crippen MR) is 94.4 cm³/mol. The first-order valence-corrected chi connectivity index (χ1v) is 7.97. The molecule has 0 fully saturated rings. The molecule has 0 heterocycles. The van der Waals surface area contributed by atoms with Crippen LogP contribution in [0.4, 0.5) is 4.39 Å². The predicted octanol–water partition coefficient (Wildman–Crippen LogP) is 2.94. The van der Waals surface area contributed by atoms with Gasteiger partial charge in [0.15, 0.2) is 17.6 Å². The fourth-order valence-electron chi connectivity index (χ4n) is 2.34. The molecule has 2 rings (SSSR count). The molecule has 0 aliphatic heterocycles. The van der Waals surface area contributed by atoms with Crippen LogP contribution < -0.4 is 24.3 Å². The third-order valence-corrected chi connectivity index (χ3v) is 3.69. The Labute approximate surface area is 151 Å². The van der Waals surface area contributed by atoms with E-state index in [2.05, 4.69) is 5.32 Å². The summed E-state index contributed by atoms with van der Waals surface area (Å²) in [6.07, 6.45) is -0.734. The number of benzene rings is 2. The molecule has 2 aromatic rings. The van der Waals surface area contributed by atoms with Crippen LogP contribution >= 0.6 is 0 Å². The third kappa shape index (κ3) is 4.78. The van der Waals surface area contributed by atoms with Crippen LogP contribution in [-0.4, -0.2) is 33.3 Å². The first-order chi connectivity index (χ1) is 12.5. The quantitative estimate of drug-likeness (QED) is 0.781. The molecule has 0 saturated carbocycles. The summed E-state index contributed by atoms with van der Waals surface area (Å²) in [4.78, 5) is 12.2. The molecule has 26 heavy (non-hydrogen) atoms. The van der Waals surface area contributed by atoms with E-state index in [4.69, 9.17) is 18.9 Å². The van der Waals surface area contributed by atoms with E-state index in [1.165, 1.54) is 45.6 Å². The van der Waals surface area contributed by atoms with E-state index in [-0.39, 0.29) is 18.3 Å². The first kappa shape index (κ1) is 19.4. The first-order valence-electron chi connectivity index (χ1n) is 7.97. The van der Waals surface area contributed by atoms with Gasteiger partial charge in [-0.15, -0.1) is 0 Å². The minimum absolute atomic E-state index is 0.257. The highest BCUT2D eigenvalue weighted by molar-refractivity contribution is 5.80. The lowest BCUT2D eigenvalue weighted by atomic mass is 10.1. The van der Waals surface area contributed by atoms with Gasteiger partial charge in [-0.3, -0.25) is 4.79 Å². The molecule has 0 saturated heterocycles. The molecule has 7 heteroatoms. The monoisotopic (exact) mass is 363 g/mol. The Hall–Kier alpha value is -2.96. The maximum Gasteiger partial charge on any atom is 0.261 e. The number of carbonyl (C=O) groups excluding carboxylic acids is 1. The Kier molecular flexibility index (Phi) is 6.66. The number of ether oxygens (including phenoxy) is 4. The van der Waals surface area contributed by atoms with Gasteiger partial charge in [0.05, 0.1) is 21.3 Å². The van der Waals surface area contributed by atoms with E-state index in [0.29, 0.717) is 23.0 Å². The highest BCUT2D eigenvalue weighted by atomic mass is 19.1. The number of hydrogen-bond acceptors (Lipinski definition) is 5. The van der Waals surface area contributed by atoms with Crippen molar-refractivity contribution in [2.75, 3.05) is 21.3 Å². The van der Waals surface area contributed by atoms with Crippen LogP contribution in [0.2, 0.25) is 0 Å². The number of nitrogens with one attached hydrogen (secondary N) is 1. The Morgan fingerprint density at radius 2 is 1.62 bits per heavy atom. The smallest absolute Gasteiger partial charge is 0.261 e. The molecular weight excluding hydrogens is 341 g/mol. The Bertz CT molecular complexity index is 723. The molecular formula is C19H22FNO5. The third-order valence-electron chi connectivity index (χ3n) is 3.69. The van der Waals surface area contributed by atoms with Gasteiger partial charge in [-0.25, -0.2) is 4.39 Å². The van der Waals surface area contributed by atoms with Crippen molar-refractivity contribution in [3.05, 3.63) is 47.8 Å². The largest absolute Gasteiger partial charge is 0.493 e. The molecule has 0 aromatic heterocycles. The molecule has 6 nitrogen and oxygen atoms in total. The summed E-state index contributed by atoms with van der Waals surface area (Å²) in [6.45, 7) is 1.88. The molecule has 0 radical (unpaired) electrons. The minimum Gasteiger partial charge on any atom is -0.493 e. The fraction of sp³-hybridized carbons (Fsp3) is 0.316. The lowest BCUT2D eigenvalue weighted by molar-refractivity contribution is -0.127. The van der Waals surface area contributed by atoms with Gasteiger partial charge in [-0.1, -0.05) is 0 Å². The van der Waals surface area contributed by atoms with Gasteiger partial charge in [0.25, 0.3) is 5.91 Å². The van der Waals surface area contributed by atoms with Crippen LogP contribution in [0.25, 0.3) is 0 Å². The maximum atomic E-state index is 12.9. The van der Waals surface area contributed by atoms with Gasteiger partial charge in [0.2, 0.25) is 5.75 Å². The van der Waals surface area contributed by atoms with Crippen LogP contribution in [-0.2, 0) is 11.3 Å². The van der Waals surface area contributed by atoms with Gasteiger partial charge < -0.3 is 24.3 Å². The topological polar surface area (TPSA) is 66.0 Å². The van der Waals surface area contributed by atoms with Gasteiger partial charge in [-0.2, -0.15) is 0 Å². The molecule has 140 valence electrons. The zero-order chi connectivity index (χ0) is 19.1. The van der Waals surface area contributed by atoms with E-state index in [9.17, 15) is 9.18 Å². The van der Waals surface area contributed by atoms with Gasteiger partial charge in [-0.05, 0) is 48.9 Å². The summed E-state index contributed by atoms with van der Waals surface area (Å²) >= 11 is 0. The Morgan fingerprint density at radius 1 is 1.04 bits per heavy atom. The van der Waals surface area contributed by atoms with Crippen LogP contribution in [0.15, 0.2) is 36.4 Å². The molecule has 0 spiro atoms. The van der Waals surface area contributed by atoms with Gasteiger partial charge in [0, 0.05) is 6.54 Å². The zero-order valence-corrected chi connectivity index (χ0v) is 15.2. The van der Waals surface area contributed by atoms with E-state index < -0.39 is 6.10 Å².